The molecule has 0 saturated carbocycles. The zero-order chi connectivity index (χ0) is 28.1. The van der Waals surface area contributed by atoms with Crippen LogP contribution in [0, 0.1) is 23.7 Å². The fourth-order valence-corrected chi connectivity index (χ4v) is 17.9. The van der Waals surface area contributed by atoms with Gasteiger partial charge in [-0.1, -0.05) is 0 Å². The molecular weight excluding hydrogens is 567 g/mol. The molecule has 5 heteroatoms. The Morgan fingerprint density at radius 2 is 0.838 bits per heavy atom. The standard InChI is InChI=1S/2C8H16O2.2C8H17.Sn/c2*1-3-5-6-7(4-2)8(9)10;2*1-4-6-7-8(3)5-2;/h2*7H,3-6H2,1-2H3,(H,9,10);2*8H,3-7H2,1-2H3;/q;;;;+2/p-2/t2*7-;2*8-;/m1110./s1. The predicted octanol–water partition coefficient (Wildman–Crippen LogP) is 10.4. The SMILES string of the molecule is CCCC[C@@H](CC)[CH2][Sn]([CH2][C@@H](CC)CCCC)([O]C(=O)[C@H](CC)CCCC)[O]C(=O)[C@H](CC)CCCC. The second-order valence-corrected chi connectivity index (χ2v) is 20.2. The molecule has 0 rings (SSSR count). The average molecular weight is 632 g/mol. The molecule has 0 spiro atoms. The van der Waals surface area contributed by atoms with E-state index in [9.17, 15) is 9.59 Å². The number of hydrogen-bond donors (Lipinski definition) is 0. The van der Waals surface area contributed by atoms with Crippen molar-refractivity contribution in [3.8, 4) is 0 Å². The first-order valence-electron chi connectivity index (χ1n) is 16.2. The summed E-state index contributed by atoms with van der Waals surface area (Å²) in [4.78, 5) is 27.4. The van der Waals surface area contributed by atoms with Gasteiger partial charge in [0.2, 0.25) is 0 Å². The Hall–Kier alpha value is -0.261. The molecule has 0 saturated heterocycles. The van der Waals surface area contributed by atoms with Crippen molar-refractivity contribution >= 4 is 31.1 Å². The van der Waals surface area contributed by atoms with Gasteiger partial charge in [0.25, 0.3) is 0 Å². The molecule has 0 aliphatic rings. The van der Waals surface area contributed by atoms with E-state index in [1.165, 1.54) is 12.8 Å². The minimum absolute atomic E-state index is 0.0724. The van der Waals surface area contributed by atoms with Crippen LogP contribution in [0.25, 0.3) is 0 Å². The van der Waals surface area contributed by atoms with Crippen LogP contribution in [0.5, 0.6) is 0 Å². The summed E-state index contributed by atoms with van der Waals surface area (Å²) in [6.45, 7) is 17.5. The van der Waals surface area contributed by atoms with Crippen LogP contribution in [0.4, 0.5) is 0 Å². The van der Waals surface area contributed by atoms with E-state index in [0.717, 1.165) is 98.8 Å². The van der Waals surface area contributed by atoms with E-state index in [-0.39, 0.29) is 23.8 Å². The van der Waals surface area contributed by atoms with Gasteiger partial charge in [-0.05, 0) is 0 Å². The second kappa shape index (κ2) is 22.5. The van der Waals surface area contributed by atoms with Crippen molar-refractivity contribution in [3.63, 3.8) is 0 Å². The van der Waals surface area contributed by atoms with E-state index in [2.05, 4.69) is 55.4 Å². The van der Waals surface area contributed by atoms with E-state index >= 15 is 0 Å². The first kappa shape index (κ1) is 36.7. The molecule has 0 aromatic heterocycles. The molecule has 37 heavy (non-hydrogen) atoms. The normalized spacial score (nSPS) is 15.1. The Morgan fingerprint density at radius 3 is 1.11 bits per heavy atom. The number of rotatable bonds is 24. The molecule has 0 aliphatic heterocycles. The molecule has 4 nitrogen and oxygen atoms in total. The summed E-state index contributed by atoms with van der Waals surface area (Å²) < 4.78 is 15.1. The van der Waals surface area contributed by atoms with Crippen LogP contribution in [-0.4, -0.2) is 31.1 Å². The van der Waals surface area contributed by atoms with Crippen molar-refractivity contribution in [3.05, 3.63) is 0 Å². The molecule has 0 radical (unpaired) electrons. The van der Waals surface area contributed by atoms with Gasteiger partial charge < -0.3 is 0 Å². The molecule has 0 aliphatic carbocycles. The Labute approximate surface area is 236 Å². The third-order valence-electron chi connectivity index (χ3n) is 8.32. The Bertz CT molecular complexity index is 529. The van der Waals surface area contributed by atoms with Crippen LogP contribution < -0.4 is 0 Å². The van der Waals surface area contributed by atoms with Gasteiger partial charge in [-0.15, -0.1) is 0 Å². The fraction of sp³-hybridized carbons (Fsp3) is 0.938. The van der Waals surface area contributed by atoms with Gasteiger partial charge in [0.05, 0.1) is 0 Å². The monoisotopic (exact) mass is 632 g/mol. The van der Waals surface area contributed by atoms with E-state index < -0.39 is 19.2 Å². The van der Waals surface area contributed by atoms with Crippen LogP contribution in [0.1, 0.15) is 158 Å². The van der Waals surface area contributed by atoms with Gasteiger partial charge in [0.15, 0.2) is 0 Å². The van der Waals surface area contributed by atoms with E-state index in [0.29, 0.717) is 11.8 Å². The molecule has 4 atom stereocenters. The summed E-state index contributed by atoms with van der Waals surface area (Å²) in [5.74, 6) is 0.623. The van der Waals surface area contributed by atoms with Crippen molar-refractivity contribution in [2.45, 2.75) is 167 Å². The van der Waals surface area contributed by atoms with Gasteiger partial charge in [0.1, 0.15) is 0 Å². The zero-order valence-corrected chi connectivity index (χ0v) is 29.0. The molecule has 0 unspecified atom stereocenters. The van der Waals surface area contributed by atoms with Crippen molar-refractivity contribution in [1.82, 2.24) is 0 Å². The number of unbranched alkanes of at least 4 members (excludes halogenated alkanes) is 4. The number of carbonyl (C=O) groups excluding carboxylic acids is 2. The summed E-state index contributed by atoms with van der Waals surface area (Å²) in [6.07, 6.45) is 16.6. The molecule has 0 aromatic rings. The van der Waals surface area contributed by atoms with Crippen molar-refractivity contribution in [1.29, 1.82) is 0 Å². The summed E-state index contributed by atoms with van der Waals surface area (Å²) in [7, 11) is 0. The first-order valence-corrected chi connectivity index (χ1v) is 22.6. The van der Waals surface area contributed by atoms with Crippen molar-refractivity contribution in [2.24, 2.45) is 23.7 Å². The van der Waals surface area contributed by atoms with Gasteiger partial charge in [-0.3, -0.25) is 0 Å². The minimum atomic E-state index is -4.13. The molecule has 0 aromatic carbocycles. The number of carbonyl (C=O) groups is 2. The van der Waals surface area contributed by atoms with E-state index in [1.54, 1.807) is 0 Å². The summed E-state index contributed by atoms with van der Waals surface area (Å²) in [6, 6.07) is 0. The Balaban J connectivity index is 6.37. The molecule has 0 amide bonds. The van der Waals surface area contributed by atoms with Gasteiger partial charge in [-0.2, -0.15) is 0 Å². The zero-order valence-electron chi connectivity index (χ0n) is 26.2. The quantitative estimate of drug-likeness (QED) is 0.0995. The summed E-state index contributed by atoms with van der Waals surface area (Å²) >= 11 is -4.13. The van der Waals surface area contributed by atoms with Crippen LogP contribution in [-0.2, 0) is 15.7 Å². The van der Waals surface area contributed by atoms with Gasteiger partial charge >= 0.3 is 238 Å². The van der Waals surface area contributed by atoms with Crippen LogP contribution in [0.3, 0.4) is 0 Å². The molecule has 0 bridgehead atoms. The topological polar surface area (TPSA) is 52.6 Å². The molecule has 0 heterocycles. The van der Waals surface area contributed by atoms with Gasteiger partial charge in [0, 0.05) is 0 Å². The van der Waals surface area contributed by atoms with Gasteiger partial charge in [-0.25, -0.2) is 0 Å². The van der Waals surface area contributed by atoms with E-state index in [4.69, 9.17) is 6.15 Å². The molecule has 0 fully saturated rings. The van der Waals surface area contributed by atoms with Crippen LogP contribution in [0.15, 0.2) is 0 Å². The maximum atomic E-state index is 13.7. The molecular formula is C32H64O4Sn. The van der Waals surface area contributed by atoms with Crippen LogP contribution in [0.2, 0.25) is 8.87 Å². The predicted molar refractivity (Wildman–Crippen MR) is 161 cm³/mol. The third kappa shape index (κ3) is 15.2. The Kier molecular flexibility index (Phi) is 22.4. The Morgan fingerprint density at radius 1 is 0.514 bits per heavy atom. The number of hydrogen-bond acceptors (Lipinski definition) is 4. The first-order chi connectivity index (χ1) is 17.8. The van der Waals surface area contributed by atoms with Crippen molar-refractivity contribution < 1.29 is 15.7 Å². The third-order valence-corrected chi connectivity index (χ3v) is 18.4. The average Bonchev–Trinajstić information content (AvgIpc) is 2.89. The van der Waals surface area contributed by atoms with Crippen LogP contribution >= 0.6 is 0 Å². The fourth-order valence-electron chi connectivity index (χ4n) is 5.45. The molecule has 0 N–H and O–H groups in total. The van der Waals surface area contributed by atoms with E-state index in [1.807, 2.05) is 0 Å². The van der Waals surface area contributed by atoms with Crippen molar-refractivity contribution in [2.75, 3.05) is 0 Å². The summed E-state index contributed by atoms with van der Waals surface area (Å²) in [5, 5.41) is 0. The molecule has 220 valence electrons. The second-order valence-electron chi connectivity index (χ2n) is 11.5. The summed E-state index contributed by atoms with van der Waals surface area (Å²) in [5.41, 5.74) is 0. The maximum absolute atomic E-state index is 13.7.